The van der Waals surface area contributed by atoms with E-state index in [4.69, 9.17) is 14.2 Å². The SMILES string of the molecule is COc1ccc(C(=O)c2ccc(OCc3cncn3Cc3ccccc3)cc2)c(OC(C)(C)C(=O)O)c1. The summed E-state index contributed by atoms with van der Waals surface area (Å²) < 4.78 is 18.9. The Kier molecular flexibility index (Phi) is 7.57. The molecular weight excluding hydrogens is 472 g/mol. The second-order valence-electron chi connectivity index (χ2n) is 8.92. The molecule has 1 N–H and O–H groups in total. The molecule has 190 valence electrons. The maximum Gasteiger partial charge on any atom is 0.347 e. The number of carbonyl (C=O) groups excluding carboxylic acids is 1. The zero-order valence-electron chi connectivity index (χ0n) is 20.9. The first-order valence-electron chi connectivity index (χ1n) is 11.7. The van der Waals surface area contributed by atoms with Crippen LogP contribution >= 0.6 is 0 Å². The van der Waals surface area contributed by atoms with Gasteiger partial charge in [-0.15, -0.1) is 0 Å². The molecule has 0 unspecified atom stereocenters. The van der Waals surface area contributed by atoms with Gasteiger partial charge < -0.3 is 23.9 Å². The van der Waals surface area contributed by atoms with Crippen molar-refractivity contribution in [3.63, 3.8) is 0 Å². The van der Waals surface area contributed by atoms with Crippen molar-refractivity contribution in [2.45, 2.75) is 32.6 Å². The Morgan fingerprint density at radius 2 is 1.68 bits per heavy atom. The number of ketones is 1. The average Bonchev–Trinajstić information content (AvgIpc) is 3.34. The lowest BCUT2D eigenvalue weighted by molar-refractivity contribution is -0.152. The number of hydrogen-bond acceptors (Lipinski definition) is 6. The van der Waals surface area contributed by atoms with Crippen LogP contribution in [0.3, 0.4) is 0 Å². The Morgan fingerprint density at radius 1 is 0.973 bits per heavy atom. The first-order valence-corrected chi connectivity index (χ1v) is 11.7. The van der Waals surface area contributed by atoms with Gasteiger partial charge in [-0.25, -0.2) is 9.78 Å². The highest BCUT2D eigenvalue weighted by molar-refractivity contribution is 6.11. The summed E-state index contributed by atoms with van der Waals surface area (Å²) in [4.78, 5) is 29.1. The highest BCUT2D eigenvalue weighted by Crippen LogP contribution is 2.30. The summed E-state index contributed by atoms with van der Waals surface area (Å²) in [5, 5.41) is 9.46. The lowest BCUT2D eigenvalue weighted by Crippen LogP contribution is -2.38. The Bertz CT molecular complexity index is 1380. The second kappa shape index (κ2) is 11.0. The van der Waals surface area contributed by atoms with Crippen LogP contribution in [0.4, 0.5) is 0 Å². The zero-order valence-corrected chi connectivity index (χ0v) is 20.9. The van der Waals surface area contributed by atoms with Gasteiger partial charge >= 0.3 is 5.97 Å². The molecule has 4 rings (SSSR count). The quantitative estimate of drug-likeness (QED) is 0.290. The fourth-order valence-corrected chi connectivity index (χ4v) is 3.63. The van der Waals surface area contributed by atoms with E-state index in [-0.39, 0.29) is 17.1 Å². The van der Waals surface area contributed by atoms with E-state index in [1.807, 2.05) is 22.8 Å². The number of imidazole rings is 1. The number of ether oxygens (including phenoxy) is 3. The number of carbonyl (C=O) groups is 2. The molecular formula is C29H28N2O6. The van der Waals surface area contributed by atoms with Crippen LogP contribution in [0.2, 0.25) is 0 Å². The number of nitrogens with zero attached hydrogens (tertiary/aromatic N) is 2. The van der Waals surface area contributed by atoms with Gasteiger partial charge in [0.15, 0.2) is 11.4 Å². The normalized spacial score (nSPS) is 11.1. The van der Waals surface area contributed by atoms with Gasteiger partial charge in [-0.2, -0.15) is 0 Å². The van der Waals surface area contributed by atoms with Gasteiger partial charge in [0.05, 0.1) is 30.9 Å². The van der Waals surface area contributed by atoms with Crippen molar-refractivity contribution in [2.24, 2.45) is 0 Å². The van der Waals surface area contributed by atoms with Gasteiger partial charge in [0.1, 0.15) is 23.9 Å². The highest BCUT2D eigenvalue weighted by Gasteiger charge is 2.31. The Balaban J connectivity index is 1.47. The Morgan fingerprint density at radius 3 is 2.35 bits per heavy atom. The van der Waals surface area contributed by atoms with Crippen LogP contribution in [0.5, 0.6) is 17.2 Å². The van der Waals surface area contributed by atoms with E-state index in [2.05, 4.69) is 17.1 Å². The number of methoxy groups -OCH3 is 1. The average molecular weight is 501 g/mol. The first-order chi connectivity index (χ1) is 17.8. The van der Waals surface area contributed by atoms with Crippen LogP contribution in [0.25, 0.3) is 0 Å². The molecule has 3 aromatic carbocycles. The van der Waals surface area contributed by atoms with E-state index in [9.17, 15) is 14.7 Å². The fourth-order valence-electron chi connectivity index (χ4n) is 3.63. The number of carboxylic acid groups (broad SMARTS) is 1. The third-order valence-corrected chi connectivity index (χ3v) is 5.81. The van der Waals surface area contributed by atoms with E-state index in [0.717, 1.165) is 5.69 Å². The van der Waals surface area contributed by atoms with Crippen molar-refractivity contribution in [3.05, 3.63) is 108 Å². The molecule has 1 aromatic heterocycles. The number of benzene rings is 3. The van der Waals surface area contributed by atoms with Crippen molar-refractivity contribution in [3.8, 4) is 17.2 Å². The number of carboxylic acids is 1. The summed E-state index contributed by atoms with van der Waals surface area (Å²) in [7, 11) is 1.48. The minimum absolute atomic E-state index is 0.128. The Hall–Kier alpha value is -4.59. The molecule has 0 aliphatic heterocycles. The molecule has 0 bridgehead atoms. The Labute approximate surface area is 215 Å². The molecule has 0 spiro atoms. The molecule has 0 amide bonds. The molecule has 0 saturated heterocycles. The summed E-state index contributed by atoms with van der Waals surface area (Å²) in [5.74, 6) is -0.291. The van der Waals surface area contributed by atoms with Crippen LogP contribution in [-0.2, 0) is 17.9 Å². The van der Waals surface area contributed by atoms with Crippen molar-refractivity contribution in [2.75, 3.05) is 7.11 Å². The molecule has 0 radical (unpaired) electrons. The van der Waals surface area contributed by atoms with E-state index < -0.39 is 11.6 Å². The van der Waals surface area contributed by atoms with Crippen LogP contribution in [0.15, 0.2) is 85.3 Å². The maximum atomic E-state index is 13.3. The van der Waals surface area contributed by atoms with Gasteiger partial charge in [-0.05, 0) is 55.8 Å². The van der Waals surface area contributed by atoms with Crippen molar-refractivity contribution in [1.29, 1.82) is 0 Å². The maximum absolute atomic E-state index is 13.3. The molecule has 0 aliphatic carbocycles. The third-order valence-electron chi connectivity index (χ3n) is 5.81. The van der Waals surface area contributed by atoms with E-state index in [0.29, 0.717) is 30.2 Å². The lowest BCUT2D eigenvalue weighted by atomic mass is 10.0. The van der Waals surface area contributed by atoms with E-state index >= 15 is 0 Å². The van der Waals surface area contributed by atoms with Gasteiger partial charge in [0.2, 0.25) is 0 Å². The van der Waals surface area contributed by atoms with E-state index in [1.54, 1.807) is 48.9 Å². The predicted molar refractivity (Wildman–Crippen MR) is 137 cm³/mol. The molecule has 4 aromatic rings. The molecule has 0 fully saturated rings. The minimum atomic E-state index is -1.54. The summed E-state index contributed by atoms with van der Waals surface area (Å²) >= 11 is 0. The third kappa shape index (κ3) is 6.16. The monoisotopic (exact) mass is 500 g/mol. The summed E-state index contributed by atoms with van der Waals surface area (Å²) in [6.45, 7) is 3.85. The first kappa shape index (κ1) is 25.5. The summed E-state index contributed by atoms with van der Waals surface area (Å²) in [6.07, 6.45) is 3.54. The zero-order chi connectivity index (χ0) is 26.4. The van der Waals surface area contributed by atoms with Crippen LogP contribution in [-0.4, -0.2) is 39.1 Å². The largest absolute Gasteiger partial charge is 0.497 e. The van der Waals surface area contributed by atoms with Crippen molar-refractivity contribution in [1.82, 2.24) is 9.55 Å². The van der Waals surface area contributed by atoms with Gasteiger partial charge in [0, 0.05) is 18.2 Å². The summed E-state index contributed by atoms with van der Waals surface area (Å²) in [6, 6.07) is 21.6. The predicted octanol–water partition coefficient (Wildman–Crippen LogP) is 4.99. The fraction of sp³-hybridized carbons (Fsp3) is 0.207. The van der Waals surface area contributed by atoms with Crippen molar-refractivity contribution >= 4 is 11.8 Å². The summed E-state index contributed by atoms with van der Waals surface area (Å²) in [5.41, 5.74) is 1.19. The molecule has 0 atom stereocenters. The van der Waals surface area contributed by atoms with Crippen LogP contribution < -0.4 is 14.2 Å². The smallest absolute Gasteiger partial charge is 0.347 e. The standard InChI is InChI=1S/C29H28N2O6/c1-29(2,28(33)34)37-26-15-24(35-3)13-14-25(26)27(32)21-9-11-23(12-10-21)36-18-22-16-30-19-31(22)17-20-7-5-4-6-8-20/h4-16,19H,17-18H2,1-3H3,(H,33,34). The highest BCUT2D eigenvalue weighted by atomic mass is 16.5. The van der Waals surface area contributed by atoms with Crippen LogP contribution in [0, 0.1) is 0 Å². The molecule has 8 nitrogen and oxygen atoms in total. The van der Waals surface area contributed by atoms with Gasteiger partial charge in [0.25, 0.3) is 0 Å². The molecule has 1 heterocycles. The number of rotatable bonds is 11. The van der Waals surface area contributed by atoms with Gasteiger partial charge in [-0.3, -0.25) is 4.79 Å². The van der Waals surface area contributed by atoms with Gasteiger partial charge in [-0.1, -0.05) is 30.3 Å². The number of aromatic nitrogens is 2. The van der Waals surface area contributed by atoms with Crippen LogP contribution in [0.1, 0.15) is 41.0 Å². The van der Waals surface area contributed by atoms with Crippen molar-refractivity contribution < 1.29 is 28.9 Å². The molecule has 37 heavy (non-hydrogen) atoms. The minimum Gasteiger partial charge on any atom is -0.497 e. The number of hydrogen-bond donors (Lipinski definition) is 1. The second-order valence-corrected chi connectivity index (χ2v) is 8.92. The molecule has 8 heteroatoms. The topological polar surface area (TPSA) is 99.9 Å². The lowest BCUT2D eigenvalue weighted by Gasteiger charge is -2.23. The molecule has 0 saturated carbocycles. The van der Waals surface area contributed by atoms with E-state index in [1.165, 1.54) is 32.6 Å². The number of aliphatic carboxylic acids is 1. The molecule has 0 aliphatic rings.